The van der Waals surface area contributed by atoms with Crippen LogP contribution in [0.3, 0.4) is 0 Å². The van der Waals surface area contributed by atoms with E-state index in [0.29, 0.717) is 32.7 Å². The number of anilines is 1. The molecule has 0 radical (unpaired) electrons. The summed E-state index contributed by atoms with van der Waals surface area (Å²) in [6.45, 7) is 3.49. The van der Waals surface area contributed by atoms with E-state index in [0.717, 1.165) is 12.6 Å². The Bertz CT molecular complexity index is 517. The first kappa shape index (κ1) is 15.5. The summed E-state index contributed by atoms with van der Waals surface area (Å²) in [5, 5.41) is 13.0. The fourth-order valence-electron chi connectivity index (χ4n) is 3.16. The molecular formula is C14H19F3N4O. The average Bonchev–Trinajstić information content (AvgIpc) is 2.93. The number of pyridine rings is 1. The summed E-state index contributed by atoms with van der Waals surface area (Å²) in [6.07, 6.45) is -3.42. The molecule has 0 aromatic carbocycles. The van der Waals surface area contributed by atoms with Crippen LogP contribution >= 0.6 is 0 Å². The van der Waals surface area contributed by atoms with Gasteiger partial charge in [-0.3, -0.25) is 4.90 Å². The largest absolute Gasteiger partial charge is 0.419 e. The Labute approximate surface area is 126 Å². The molecule has 1 aromatic heterocycles. The van der Waals surface area contributed by atoms with Crippen LogP contribution in [0.2, 0.25) is 0 Å². The number of halogens is 3. The van der Waals surface area contributed by atoms with E-state index in [4.69, 9.17) is 0 Å². The zero-order valence-corrected chi connectivity index (χ0v) is 12.1. The third-order valence-electron chi connectivity index (χ3n) is 4.33. The van der Waals surface area contributed by atoms with Gasteiger partial charge in [0.05, 0.1) is 11.7 Å². The van der Waals surface area contributed by atoms with Crippen molar-refractivity contribution in [2.75, 3.05) is 44.2 Å². The number of hydrogen-bond acceptors (Lipinski definition) is 5. The number of aliphatic hydroxyl groups is 1. The molecule has 0 aliphatic carbocycles. The van der Waals surface area contributed by atoms with Crippen LogP contribution in [0.1, 0.15) is 5.56 Å². The Morgan fingerprint density at radius 3 is 2.50 bits per heavy atom. The van der Waals surface area contributed by atoms with Crippen molar-refractivity contribution >= 4 is 5.82 Å². The molecule has 0 unspecified atom stereocenters. The van der Waals surface area contributed by atoms with Crippen molar-refractivity contribution < 1.29 is 18.3 Å². The topological polar surface area (TPSA) is 51.6 Å². The van der Waals surface area contributed by atoms with Crippen molar-refractivity contribution in [1.82, 2.24) is 15.2 Å². The number of hydrogen-bond donors (Lipinski definition) is 2. The van der Waals surface area contributed by atoms with Crippen LogP contribution in [-0.4, -0.2) is 66.4 Å². The molecule has 0 saturated carbocycles. The molecule has 0 bridgehead atoms. The lowest BCUT2D eigenvalue weighted by molar-refractivity contribution is -0.137. The lowest BCUT2D eigenvalue weighted by atomic mass is 10.1. The van der Waals surface area contributed by atoms with E-state index in [1.165, 1.54) is 12.3 Å². The van der Waals surface area contributed by atoms with Crippen LogP contribution in [0.25, 0.3) is 0 Å². The van der Waals surface area contributed by atoms with Gasteiger partial charge in [-0.2, -0.15) is 13.2 Å². The summed E-state index contributed by atoms with van der Waals surface area (Å²) >= 11 is 0. The second-order valence-corrected chi connectivity index (χ2v) is 5.69. The first-order valence-corrected chi connectivity index (χ1v) is 7.37. The Balaban J connectivity index is 1.69. The van der Waals surface area contributed by atoms with Crippen molar-refractivity contribution in [3.63, 3.8) is 0 Å². The molecule has 0 amide bonds. The number of aromatic nitrogens is 1. The third-order valence-corrected chi connectivity index (χ3v) is 4.33. The Morgan fingerprint density at radius 2 is 1.91 bits per heavy atom. The van der Waals surface area contributed by atoms with Gasteiger partial charge in [0.15, 0.2) is 0 Å². The van der Waals surface area contributed by atoms with Gasteiger partial charge in [-0.15, -0.1) is 0 Å². The molecule has 8 heteroatoms. The minimum atomic E-state index is -4.40. The van der Waals surface area contributed by atoms with Gasteiger partial charge in [0, 0.05) is 51.5 Å². The normalized spacial score (nSPS) is 27.4. The molecule has 2 N–H and O–H groups in total. The summed E-state index contributed by atoms with van der Waals surface area (Å²) in [5.74, 6) is -0.000236. The molecular weight excluding hydrogens is 297 g/mol. The highest BCUT2D eigenvalue weighted by Gasteiger charge is 2.37. The Hall–Kier alpha value is -1.38. The lowest BCUT2D eigenvalue weighted by Gasteiger charge is -2.39. The van der Waals surface area contributed by atoms with E-state index in [-0.39, 0.29) is 11.9 Å². The number of aliphatic hydroxyl groups excluding tert-OH is 1. The number of β-amino-alcohol motifs (C(OH)–C–C–N with tert-alkyl or cyclic N) is 1. The van der Waals surface area contributed by atoms with Gasteiger partial charge < -0.3 is 15.3 Å². The number of piperazine rings is 1. The predicted octanol–water partition coefficient (Wildman–Crippen LogP) is 0.555. The summed E-state index contributed by atoms with van der Waals surface area (Å²) in [7, 11) is 0. The SMILES string of the molecule is O[C@H]1CNC[C@@H]1N1CCN(c2ncccc2C(F)(F)F)CC1. The van der Waals surface area contributed by atoms with E-state index in [9.17, 15) is 18.3 Å². The number of rotatable bonds is 2. The van der Waals surface area contributed by atoms with Crippen LogP contribution in [0.4, 0.5) is 19.0 Å². The number of nitrogens with one attached hydrogen (secondary N) is 1. The van der Waals surface area contributed by atoms with Crippen molar-refractivity contribution in [2.24, 2.45) is 0 Å². The van der Waals surface area contributed by atoms with E-state index in [1.54, 1.807) is 4.90 Å². The molecule has 2 atom stereocenters. The second kappa shape index (κ2) is 6.02. The first-order valence-electron chi connectivity index (χ1n) is 7.37. The van der Waals surface area contributed by atoms with E-state index in [2.05, 4.69) is 15.2 Å². The van der Waals surface area contributed by atoms with Gasteiger partial charge in [-0.1, -0.05) is 0 Å². The first-order chi connectivity index (χ1) is 10.5. The standard InChI is InChI=1S/C14H19F3N4O/c15-14(16,17)10-2-1-3-19-13(10)21-6-4-20(5-7-21)11-8-18-9-12(11)22/h1-3,11-12,18,22H,4-9H2/t11-,12-/m0/s1. The number of alkyl halides is 3. The van der Waals surface area contributed by atoms with E-state index < -0.39 is 17.8 Å². The molecule has 122 valence electrons. The summed E-state index contributed by atoms with van der Waals surface area (Å²) in [5.41, 5.74) is -0.689. The van der Waals surface area contributed by atoms with Crippen LogP contribution in [-0.2, 0) is 6.18 Å². The lowest BCUT2D eigenvalue weighted by Crippen LogP contribution is -2.54. The van der Waals surface area contributed by atoms with Crippen LogP contribution in [0, 0.1) is 0 Å². The van der Waals surface area contributed by atoms with Gasteiger partial charge in [0.1, 0.15) is 5.82 Å². The fraction of sp³-hybridized carbons (Fsp3) is 0.643. The summed E-state index contributed by atoms with van der Waals surface area (Å²) in [6, 6.07) is 2.43. The molecule has 0 spiro atoms. The minimum absolute atomic E-state index is 0.000236. The van der Waals surface area contributed by atoms with Crippen molar-refractivity contribution in [3.05, 3.63) is 23.9 Å². The highest BCUT2D eigenvalue weighted by molar-refractivity contribution is 5.48. The van der Waals surface area contributed by atoms with E-state index in [1.807, 2.05) is 0 Å². The maximum Gasteiger partial charge on any atom is 0.419 e. The monoisotopic (exact) mass is 316 g/mol. The fourth-order valence-corrected chi connectivity index (χ4v) is 3.16. The van der Waals surface area contributed by atoms with Gasteiger partial charge >= 0.3 is 6.18 Å². The van der Waals surface area contributed by atoms with Gasteiger partial charge in [-0.05, 0) is 12.1 Å². The molecule has 3 heterocycles. The van der Waals surface area contributed by atoms with E-state index >= 15 is 0 Å². The highest BCUT2D eigenvalue weighted by atomic mass is 19.4. The van der Waals surface area contributed by atoms with Crippen LogP contribution in [0.15, 0.2) is 18.3 Å². The van der Waals surface area contributed by atoms with Gasteiger partial charge in [0.25, 0.3) is 0 Å². The molecule has 2 aliphatic rings. The zero-order chi connectivity index (χ0) is 15.7. The molecule has 22 heavy (non-hydrogen) atoms. The van der Waals surface area contributed by atoms with Crippen molar-refractivity contribution in [3.8, 4) is 0 Å². The third kappa shape index (κ3) is 3.04. The molecule has 1 aromatic rings. The predicted molar refractivity (Wildman–Crippen MR) is 75.7 cm³/mol. The summed E-state index contributed by atoms with van der Waals surface area (Å²) < 4.78 is 39.2. The maximum atomic E-state index is 13.1. The minimum Gasteiger partial charge on any atom is -0.390 e. The second-order valence-electron chi connectivity index (χ2n) is 5.69. The Morgan fingerprint density at radius 1 is 1.18 bits per heavy atom. The molecule has 2 fully saturated rings. The molecule has 5 nitrogen and oxygen atoms in total. The van der Waals surface area contributed by atoms with Crippen LogP contribution in [0.5, 0.6) is 0 Å². The van der Waals surface area contributed by atoms with Gasteiger partial charge in [-0.25, -0.2) is 4.98 Å². The average molecular weight is 316 g/mol. The zero-order valence-electron chi connectivity index (χ0n) is 12.1. The quantitative estimate of drug-likeness (QED) is 0.835. The molecule has 2 aliphatic heterocycles. The maximum absolute atomic E-state index is 13.1. The molecule has 3 rings (SSSR count). The highest BCUT2D eigenvalue weighted by Crippen LogP contribution is 2.35. The van der Waals surface area contributed by atoms with Crippen molar-refractivity contribution in [1.29, 1.82) is 0 Å². The number of nitrogens with zero attached hydrogens (tertiary/aromatic N) is 3. The molecule has 2 saturated heterocycles. The van der Waals surface area contributed by atoms with Crippen LogP contribution < -0.4 is 10.2 Å². The summed E-state index contributed by atoms with van der Waals surface area (Å²) in [4.78, 5) is 7.74. The van der Waals surface area contributed by atoms with Crippen molar-refractivity contribution in [2.45, 2.75) is 18.3 Å². The van der Waals surface area contributed by atoms with Gasteiger partial charge in [0.2, 0.25) is 0 Å². The smallest absolute Gasteiger partial charge is 0.390 e. The Kier molecular flexibility index (Phi) is 4.24.